The smallest absolute Gasteiger partial charge is 0.307 e. The largest absolute Gasteiger partial charge is 0.481 e. The normalized spacial score (nSPS) is 10.5. The number of carboxylic acid groups (broad SMARTS) is 1. The van der Waals surface area contributed by atoms with E-state index in [1.165, 1.54) is 6.07 Å². The molecule has 19 heavy (non-hydrogen) atoms. The molecule has 0 atom stereocenters. The molecule has 6 heteroatoms. The van der Waals surface area contributed by atoms with Crippen LogP contribution in [0.5, 0.6) is 0 Å². The van der Waals surface area contributed by atoms with Gasteiger partial charge in [-0.3, -0.25) is 9.78 Å². The van der Waals surface area contributed by atoms with Crippen molar-refractivity contribution in [1.29, 1.82) is 0 Å². The van der Waals surface area contributed by atoms with Gasteiger partial charge in [0.1, 0.15) is 5.82 Å². The predicted octanol–water partition coefficient (Wildman–Crippen LogP) is 3.82. The van der Waals surface area contributed by atoms with Gasteiger partial charge in [0, 0.05) is 16.1 Å². The lowest BCUT2D eigenvalue weighted by Gasteiger charge is -2.06. The van der Waals surface area contributed by atoms with Crippen molar-refractivity contribution in [3.05, 3.63) is 51.9 Å². The van der Waals surface area contributed by atoms with Crippen molar-refractivity contribution < 1.29 is 14.3 Å². The second-order valence-electron chi connectivity index (χ2n) is 3.86. The molecule has 0 aliphatic carbocycles. The van der Waals surface area contributed by atoms with E-state index < -0.39 is 18.2 Å². The summed E-state index contributed by atoms with van der Waals surface area (Å²) < 4.78 is 13.4. The van der Waals surface area contributed by atoms with Crippen LogP contribution in [0.25, 0.3) is 11.3 Å². The van der Waals surface area contributed by atoms with Gasteiger partial charge in [0.25, 0.3) is 0 Å². The van der Waals surface area contributed by atoms with E-state index in [0.29, 0.717) is 21.3 Å². The van der Waals surface area contributed by atoms with Gasteiger partial charge in [-0.2, -0.15) is 0 Å². The van der Waals surface area contributed by atoms with Crippen molar-refractivity contribution in [3.63, 3.8) is 0 Å². The van der Waals surface area contributed by atoms with Crippen molar-refractivity contribution >= 4 is 29.2 Å². The van der Waals surface area contributed by atoms with Gasteiger partial charge in [-0.15, -0.1) is 0 Å². The molecule has 2 rings (SSSR count). The summed E-state index contributed by atoms with van der Waals surface area (Å²) in [4.78, 5) is 14.6. The Balaban J connectivity index is 2.48. The van der Waals surface area contributed by atoms with Crippen LogP contribution in [0.4, 0.5) is 4.39 Å². The van der Waals surface area contributed by atoms with Crippen LogP contribution in [0.2, 0.25) is 10.0 Å². The zero-order chi connectivity index (χ0) is 14.0. The van der Waals surface area contributed by atoms with E-state index in [2.05, 4.69) is 4.98 Å². The van der Waals surface area contributed by atoms with Crippen LogP contribution in [0.15, 0.2) is 30.5 Å². The van der Waals surface area contributed by atoms with Crippen molar-refractivity contribution in [3.8, 4) is 11.3 Å². The van der Waals surface area contributed by atoms with Crippen LogP contribution in [0, 0.1) is 5.82 Å². The summed E-state index contributed by atoms with van der Waals surface area (Å²) >= 11 is 11.8. The van der Waals surface area contributed by atoms with Crippen LogP contribution in [-0.4, -0.2) is 16.1 Å². The predicted molar refractivity (Wildman–Crippen MR) is 71.0 cm³/mol. The fraction of sp³-hybridized carbons (Fsp3) is 0.0769. The number of aliphatic carboxylic acids is 1. The lowest BCUT2D eigenvalue weighted by atomic mass is 10.1. The fourth-order valence-electron chi connectivity index (χ4n) is 1.62. The van der Waals surface area contributed by atoms with Gasteiger partial charge in [-0.1, -0.05) is 23.2 Å². The number of hydrogen-bond acceptors (Lipinski definition) is 2. The third-order valence-corrected chi connectivity index (χ3v) is 3.03. The topological polar surface area (TPSA) is 50.2 Å². The quantitative estimate of drug-likeness (QED) is 0.937. The van der Waals surface area contributed by atoms with Crippen LogP contribution < -0.4 is 0 Å². The molecular weight excluding hydrogens is 292 g/mol. The molecular formula is C13H8Cl2FNO2. The number of rotatable bonds is 3. The van der Waals surface area contributed by atoms with Crippen molar-refractivity contribution in [1.82, 2.24) is 4.98 Å². The summed E-state index contributed by atoms with van der Waals surface area (Å²) in [6.45, 7) is 0. The molecule has 0 radical (unpaired) electrons. The third-order valence-electron chi connectivity index (χ3n) is 2.48. The first-order chi connectivity index (χ1) is 8.97. The SMILES string of the molecule is O=C(O)Cc1cc(-c2ccc(Cl)cc2Cl)ncc1F. The van der Waals surface area contributed by atoms with Crippen molar-refractivity contribution in [2.45, 2.75) is 6.42 Å². The molecule has 3 nitrogen and oxygen atoms in total. The first-order valence-corrected chi connectivity index (χ1v) is 6.04. The number of carboxylic acids is 1. The zero-order valence-electron chi connectivity index (χ0n) is 9.53. The van der Waals surface area contributed by atoms with E-state index in [1.54, 1.807) is 18.2 Å². The van der Waals surface area contributed by atoms with Crippen LogP contribution in [0.3, 0.4) is 0 Å². The summed E-state index contributed by atoms with van der Waals surface area (Å²) in [5.41, 5.74) is 1.03. The molecule has 1 aromatic carbocycles. The van der Waals surface area contributed by atoms with Gasteiger partial charge in [-0.25, -0.2) is 4.39 Å². The molecule has 0 aliphatic rings. The highest BCUT2D eigenvalue weighted by molar-refractivity contribution is 6.36. The van der Waals surface area contributed by atoms with Crippen LogP contribution >= 0.6 is 23.2 Å². The van der Waals surface area contributed by atoms with E-state index in [0.717, 1.165) is 6.20 Å². The van der Waals surface area contributed by atoms with E-state index in [4.69, 9.17) is 28.3 Å². The zero-order valence-corrected chi connectivity index (χ0v) is 11.0. The Kier molecular flexibility index (Phi) is 4.02. The molecule has 1 heterocycles. The van der Waals surface area contributed by atoms with Crippen LogP contribution in [0.1, 0.15) is 5.56 Å². The van der Waals surface area contributed by atoms with Crippen molar-refractivity contribution in [2.75, 3.05) is 0 Å². The molecule has 0 unspecified atom stereocenters. The third kappa shape index (κ3) is 3.22. The van der Waals surface area contributed by atoms with Gasteiger partial charge >= 0.3 is 5.97 Å². The maximum atomic E-state index is 13.4. The lowest BCUT2D eigenvalue weighted by molar-refractivity contribution is -0.136. The van der Waals surface area contributed by atoms with Gasteiger partial charge in [0.2, 0.25) is 0 Å². The van der Waals surface area contributed by atoms with E-state index >= 15 is 0 Å². The molecule has 0 saturated heterocycles. The molecule has 0 spiro atoms. The number of pyridine rings is 1. The van der Waals surface area contributed by atoms with Crippen LogP contribution in [-0.2, 0) is 11.2 Å². The highest BCUT2D eigenvalue weighted by Crippen LogP contribution is 2.29. The maximum absolute atomic E-state index is 13.4. The molecule has 0 saturated carbocycles. The number of nitrogens with zero attached hydrogens (tertiary/aromatic N) is 1. The minimum atomic E-state index is -1.11. The van der Waals surface area contributed by atoms with E-state index in [-0.39, 0.29) is 5.56 Å². The Hall–Kier alpha value is -1.65. The summed E-state index contributed by atoms with van der Waals surface area (Å²) in [5.74, 6) is -1.77. The fourth-order valence-corrected chi connectivity index (χ4v) is 2.13. The molecule has 1 N–H and O–H groups in total. The molecule has 0 amide bonds. The summed E-state index contributed by atoms with van der Waals surface area (Å²) in [5, 5.41) is 9.56. The minimum absolute atomic E-state index is 0.0588. The monoisotopic (exact) mass is 299 g/mol. The second kappa shape index (κ2) is 5.55. The Bertz CT molecular complexity index is 647. The second-order valence-corrected chi connectivity index (χ2v) is 4.70. The Morgan fingerprint density at radius 3 is 2.68 bits per heavy atom. The first kappa shape index (κ1) is 13.8. The number of benzene rings is 1. The summed E-state index contributed by atoms with van der Waals surface area (Å²) in [6.07, 6.45) is 0.575. The van der Waals surface area contributed by atoms with Gasteiger partial charge in [-0.05, 0) is 24.3 Å². The Morgan fingerprint density at radius 1 is 1.32 bits per heavy atom. The molecule has 1 aromatic heterocycles. The number of carbonyl (C=O) groups is 1. The highest BCUT2D eigenvalue weighted by Gasteiger charge is 2.12. The highest BCUT2D eigenvalue weighted by atomic mass is 35.5. The maximum Gasteiger partial charge on any atom is 0.307 e. The summed E-state index contributed by atoms with van der Waals surface area (Å²) in [6, 6.07) is 6.19. The van der Waals surface area contributed by atoms with Gasteiger partial charge < -0.3 is 5.11 Å². The molecule has 0 bridgehead atoms. The average molecular weight is 300 g/mol. The summed E-state index contributed by atoms with van der Waals surface area (Å²) in [7, 11) is 0. The molecule has 2 aromatic rings. The van der Waals surface area contributed by atoms with E-state index in [1.807, 2.05) is 0 Å². The Labute approximate surface area is 118 Å². The molecule has 0 aliphatic heterocycles. The number of hydrogen-bond donors (Lipinski definition) is 1. The van der Waals surface area contributed by atoms with Gasteiger partial charge in [0.15, 0.2) is 0 Å². The first-order valence-electron chi connectivity index (χ1n) is 5.29. The number of aromatic nitrogens is 1. The van der Waals surface area contributed by atoms with Crippen molar-refractivity contribution in [2.24, 2.45) is 0 Å². The average Bonchev–Trinajstić information content (AvgIpc) is 2.32. The molecule has 0 fully saturated rings. The van der Waals surface area contributed by atoms with E-state index in [9.17, 15) is 9.18 Å². The lowest BCUT2D eigenvalue weighted by Crippen LogP contribution is -2.03. The van der Waals surface area contributed by atoms with Gasteiger partial charge in [0.05, 0.1) is 23.3 Å². The Morgan fingerprint density at radius 2 is 2.05 bits per heavy atom. The standard InChI is InChI=1S/C13H8Cl2FNO2/c14-8-1-2-9(10(15)5-8)12-3-7(4-13(18)19)11(16)6-17-12/h1-3,5-6H,4H2,(H,18,19). The molecule has 98 valence electrons. The minimum Gasteiger partial charge on any atom is -0.481 e. The number of halogens is 3.